The zero-order chi connectivity index (χ0) is 22.7. The molecule has 3 aromatic rings. The van der Waals surface area contributed by atoms with Crippen molar-refractivity contribution in [2.45, 2.75) is 70.1 Å². The van der Waals surface area contributed by atoms with Gasteiger partial charge in [-0.2, -0.15) is 5.10 Å². The molecule has 170 valence electrons. The van der Waals surface area contributed by atoms with Gasteiger partial charge < -0.3 is 10.4 Å². The molecule has 1 unspecified atom stereocenters. The molecule has 8 heteroatoms. The predicted octanol–water partition coefficient (Wildman–Crippen LogP) is 3.13. The van der Waals surface area contributed by atoms with E-state index in [0.29, 0.717) is 24.1 Å². The standard InChI is InChI=1S/C24H32N6O2/c1-4-24(2,32)22-16-30(28-27-22)19-12-10-18(11-13-19)26-23(31)20-15-25-29(3)21(20)14-17-8-6-5-7-9-17/h5-9,15-16,18-19,32H,4,10-14H2,1-3H3,(H,26,31). The first-order valence-corrected chi connectivity index (χ1v) is 11.4. The maximum absolute atomic E-state index is 13.0. The van der Waals surface area contributed by atoms with Gasteiger partial charge in [-0.1, -0.05) is 42.5 Å². The molecule has 2 aromatic heterocycles. The van der Waals surface area contributed by atoms with E-state index in [0.717, 1.165) is 36.9 Å². The van der Waals surface area contributed by atoms with E-state index in [2.05, 4.69) is 32.9 Å². The van der Waals surface area contributed by atoms with E-state index in [1.54, 1.807) is 17.8 Å². The summed E-state index contributed by atoms with van der Waals surface area (Å²) in [5, 5.41) is 26.4. The van der Waals surface area contributed by atoms with E-state index in [1.807, 2.05) is 43.0 Å². The number of aliphatic hydroxyl groups is 1. The largest absolute Gasteiger partial charge is 0.384 e. The first-order chi connectivity index (χ1) is 15.4. The van der Waals surface area contributed by atoms with Gasteiger partial charge >= 0.3 is 0 Å². The van der Waals surface area contributed by atoms with Crippen molar-refractivity contribution < 1.29 is 9.90 Å². The molecule has 1 saturated carbocycles. The molecule has 4 rings (SSSR count). The second-order valence-corrected chi connectivity index (χ2v) is 8.98. The zero-order valence-electron chi connectivity index (χ0n) is 19.0. The smallest absolute Gasteiger partial charge is 0.254 e. The van der Waals surface area contributed by atoms with Crippen LogP contribution < -0.4 is 5.32 Å². The SMILES string of the molecule is CCC(C)(O)c1cn(C2CCC(NC(=O)c3cnn(C)c3Cc3ccccc3)CC2)nn1. The number of aromatic nitrogens is 5. The average Bonchev–Trinajstić information content (AvgIpc) is 3.43. The van der Waals surface area contributed by atoms with Crippen LogP contribution >= 0.6 is 0 Å². The number of benzene rings is 1. The lowest BCUT2D eigenvalue weighted by molar-refractivity contribution is 0.0483. The fourth-order valence-electron chi connectivity index (χ4n) is 4.28. The number of carbonyl (C=O) groups is 1. The number of carbonyl (C=O) groups excluding carboxylic acids is 1. The van der Waals surface area contributed by atoms with Gasteiger partial charge in [-0.15, -0.1) is 5.10 Å². The van der Waals surface area contributed by atoms with Crippen molar-refractivity contribution in [3.05, 3.63) is 65.2 Å². The Bertz CT molecular complexity index is 1050. The molecule has 0 aliphatic heterocycles. The lowest BCUT2D eigenvalue weighted by Gasteiger charge is -2.29. The molecule has 1 aliphatic rings. The molecule has 1 atom stereocenters. The Labute approximate surface area is 188 Å². The van der Waals surface area contributed by atoms with Crippen molar-refractivity contribution in [1.82, 2.24) is 30.1 Å². The van der Waals surface area contributed by atoms with Crippen molar-refractivity contribution in [1.29, 1.82) is 0 Å². The number of hydrogen-bond acceptors (Lipinski definition) is 5. The summed E-state index contributed by atoms with van der Waals surface area (Å²) in [6.45, 7) is 3.69. The Hall–Kier alpha value is -3.00. The highest BCUT2D eigenvalue weighted by Gasteiger charge is 2.29. The highest BCUT2D eigenvalue weighted by atomic mass is 16.3. The predicted molar refractivity (Wildman–Crippen MR) is 121 cm³/mol. The molecular formula is C24H32N6O2. The Balaban J connectivity index is 1.36. The van der Waals surface area contributed by atoms with E-state index in [9.17, 15) is 9.90 Å². The summed E-state index contributed by atoms with van der Waals surface area (Å²) in [4.78, 5) is 13.0. The Kier molecular flexibility index (Phi) is 6.41. The highest BCUT2D eigenvalue weighted by Crippen LogP contribution is 2.30. The first-order valence-electron chi connectivity index (χ1n) is 11.4. The van der Waals surface area contributed by atoms with Gasteiger partial charge in [0.25, 0.3) is 5.91 Å². The molecule has 1 amide bonds. The van der Waals surface area contributed by atoms with Crippen molar-refractivity contribution in [3.63, 3.8) is 0 Å². The molecule has 1 aromatic carbocycles. The van der Waals surface area contributed by atoms with Crippen LogP contribution in [0.5, 0.6) is 0 Å². The van der Waals surface area contributed by atoms with Crippen LogP contribution in [-0.4, -0.2) is 41.8 Å². The fourth-order valence-corrected chi connectivity index (χ4v) is 4.28. The lowest BCUT2D eigenvalue weighted by atomic mass is 9.91. The van der Waals surface area contributed by atoms with Crippen LogP contribution in [0.2, 0.25) is 0 Å². The van der Waals surface area contributed by atoms with Gasteiger partial charge in [-0.25, -0.2) is 4.68 Å². The van der Waals surface area contributed by atoms with E-state index >= 15 is 0 Å². The van der Waals surface area contributed by atoms with Crippen LogP contribution in [0.1, 0.15) is 79.3 Å². The number of hydrogen-bond donors (Lipinski definition) is 2. The highest BCUT2D eigenvalue weighted by molar-refractivity contribution is 5.95. The zero-order valence-corrected chi connectivity index (χ0v) is 19.0. The van der Waals surface area contributed by atoms with Gasteiger partial charge in [-0.3, -0.25) is 9.48 Å². The van der Waals surface area contributed by atoms with Gasteiger partial charge in [-0.05, 0) is 44.6 Å². The van der Waals surface area contributed by atoms with E-state index in [4.69, 9.17) is 0 Å². The minimum atomic E-state index is -0.954. The van der Waals surface area contributed by atoms with Crippen molar-refractivity contribution in [3.8, 4) is 0 Å². The summed E-state index contributed by atoms with van der Waals surface area (Å²) in [6.07, 6.45) is 8.36. The minimum Gasteiger partial charge on any atom is -0.384 e. The van der Waals surface area contributed by atoms with Gasteiger partial charge in [0.05, 0.1) is 29.7 Å². The average molecular weight is 437 g/mol. The molecule has 0 saturated heterocycles. The molecule has 0 spiro atoms. The van der Waals surface area contributed by atoms with E-state index < -0.39 is 5.60 Å². The van der Waals surface area contributed by atoms with Crippen molar-refractivity contribution >= 4 is 5.91 Å². The second kappa shape index (κ2) is 9.24. The molecule has 1 fully saturated rings. The third kappa shape index (κ3) is 4.75. The lowest BCUT2D eigenvalue weighted by Crippen LogP contribution is -2.38. The van der Waals surface area contributed by atoms with Gasteiger partial charge in [0.2, 0.25) is 0 Å². The van der Waals surface area contributed by atoms with Crippen molar-refractivity contribution in [2.24, 2.45) is 7.05 Å². The van der Waals surface area contributed by atoms with Crippen LogP contribution in [0.15, 0.2) is 42.7 Å². The number of nitrogens with one attached hydrogen (secondary N) is 1. The quantitative estimate of drug-likeness (QED) is 0.593. The molecule has 0 bridgehead atoms. The van der Waals surface area contributed by atoms with E-state index in [-0.39, 0.29) is 18.0 Å². The van der Waals surface area contributed by atoms with Crippen LogP contribution in [0.4, 0.5) is 0 Å². The molecule has 2 heterocycles. The number of amides is 1. The van der Waals surface area contributed by atoms with Gasteiger partial charge in [0.1, 0.15) is 11.3 Å². The third-order valence-electron chi connectivity index (χ3n) is 6.68. The van der Waals surface area contributed by atoms with E-state index in [1.165, 1.54) is 0 Å². The molecular weight excluding hydrogens is 404 g/mol. The molecule has 8 nitrogen and oxygen atoms in total. The number of rotatable bonds is 7. The Morgan fingerprint density at radius 3 is 2.62 bits per heavy atom. The number of aryl methyl sites for hydroxylation is 1. The third-order valence-corrected chi connectivity index (χ3v) is 6.68. The minimum absolute atomic E-state index is 0.0606. The first kappa shape index (κ1) is 22.2. The normalized spacial score (nSPS) is 20.6. The summed E-state index contributed by atoms with van der Waals surface area (Å²) in [7, 11) is 1.88. The Morgan fingerprint density at radius 2 is 1.94 bits per heavy atom. The summed E-state index contributed by atoms with van der Waals surface area (Å²) in [5.74, 6) is -0.0606. The van der Waals surface area contributed by atoms with Crippen LogP contribution in [0.25, 0.3) is 0 Å². The molecule has 2 N–H and O–H groups in total. The second-order valence-electron chi connectivity index (χ2n) is 8.98. The topological polar surface area (TPSA) is 97.9 Å². The molecule has 32 heavy (non-hydrogen) atoms. The van der Waals surface area contributed by atoms with Crippen LogP contribution in [-0.2, 0) is 19.1 Å². The summed E-state index contributed by atoms with van der Waals surface area (Å²) >= 11 is 0. The molecule has 1 aliphatic carbocycles. The monoisotopic (exact) mass is 436 g/mol. The summed E-state index contributed by atoms with van der Waals surface area (Å²) < 4.78 is 3.66. The maximum Gasteiger partial charge on any atom is 0.254 e. The summed E-state index contributed by atoms with van der Waals surface area (Å²) in [5.41, 5.74) is 2.37. The van der Waals surface area contributed by atoms with Gasteiger partial charge in [0.15, 0.2) is 0 Å². The maximum atomic E-state index is 13.0. The summed E-state index contributed by atoms with van der Waals surface area (Å²) in [6, 6.07) is 10.5. The van der Waals surface area contributed by atoms with Gasteiger partial charge in [0, 0.05) is 19.5 Å². The van der Waals surface area contributed by atoms with Crippen LogP contribution in [0, 0.1) is 0 Å². The van der Waals surface area contributed by atoms with Crippen molar-refractivity contribution in [2.75, 3.05) is 0 Å². The molecule has 0 radical (unpaired) electrons. The fraction of sp³-hybridized carbons (Fsp3) is 0.500. The number of nitrogens with zero attached hydrogens (tertiary/aromatic N) is 5. The Morgan fingerprint density at radius 1 is 1.22 bits per heavy atom. The van der Waals surface area contributed by atoms with Crippen LogP contribution in [0.3, 0.4) is 0 Å².